The molecule has 13 heteroatoms. The van der Waals surface area contributed by atoms with Gasteiger partial charge in [-0.2, -0.15) is 0 Å². The predicted molar refractivity (Wildman–Crippen MR) is 117 cm³/mol. The van der Waals surface area contributed by atoms with Crippen molar-refractivity contribution in [3.63, 3.8) is 0 Å². The molecule has 35 heavy (non-hydrogen) atoms. The lowest BCUT2D eigenvalue weighted by molar-refractivity contribution is -0.402. The first-order valence-electron chi connectivity index (χ1n) is 9.96. The van der Waals surface area contributed by atoms with Crippen LogP contribution in [0.15, 0.2) is 53.0 Å². The molecule has 4 rings (SSSR count). The molecule has 1 saturated heterocycles. The Morgan fingerprint density at radius 1 is 1.20 bits per heavy atom. The number of hydrazine groups is 1. The quantitative estimate of drug-likeness (QED) is 0.117. The Balaban J connectivity index is 1.51. The molecule has 1 aliphatic rings. The summed E-state index contributed by atoms with van der Waals surface area (Å²) in [7, 11) is 0. The lowest BCUT2D eigenvalue weighted by Gasteiger charge is -2.13. The highest BCUT2D eigenvalue weighted by molar-refractivity contribution is 6.07. The van der Waals surface area contributed by atoms with Crippen LogP contribution in [-0.4, -0.2) is 38.8 Å². The summed E-state index contributed by atoms with van der Waals surface area (Å²) in [6.07, 6.45) is 1.68. The number of phenolic OH excluding ortho intramolecular Hbond substituents is 1. The number of nitrogens with one attached hydrogen (secondary N) is 1. The molecule has 1 atom stereocenters. The molecule has 1 unspecified atom stereocenters. The van der Waals surface area contributed by atoms with Crippen LogP contribution in [0.1, 0.15) is 34.0 Å². The number of phenols is 1. The van der Waals surface area contributed by atoms with Gasteiger partial charge in [-0.05, 0) is 40.6 Å². The summed E-state index contributed by atoms with van der Waals surface area (Å²) in [6.45, 7) is 0. The number of imide groups is 1. The summed E-state index contributed by atoms with van der Waals surface area (Å²) < 4.78 is 4.87. The third-order valence-electron chi connectivity index (χ3n) is 5.22. The van der Waals surface area contributed by atoms with Gasteiger partial charge in [0.25, 0.3) is 17.7 Å². The number of carbonyl (C=O) groups is 4. The van der Waals surface area contributed by atoms with Gasteiger partial charge in [0.05, 0.1) is 17.5 Å². The fourth-order valence-corrected chi connectivity index (χ4v) is 3.55. The van der Waals surface area contributed by atoms with Crippen LogP contribution in [0.25, 0.3) is 16.8 Å². The largest absolute Gasteiger partial charge is 0.507 e. The van der Waals surface area contributed by atoms with Gasteiger partial charge < -0.3 is 14.4 Å². The molecule has 2 aromatic carbocycles. The van der Waals surface area contributed by atoms with Crippen LogP contribution >= 0.6 is 0 Å². The average Bonchev–Trinajstić information content (AvgIpc) is 3.42. The molecular weight excluding hydrogens is 464 g/mol. The minimum absolute atomic E-state index is 0.00418. The third-order valence-corrected chi connectivity index (χ3v) is 5.22. The summed E-state index contributed by atoms with van der Waals surface area (Å²) in [5.41, 5.74) is 2.28. The summed E-state index contributed by atoms with van der Waals surface area (Å²) in [6, 6.07) is 9.86. The first-order chi connectivity index (χ1) is 16.7. The second-order valence-electron chi connectivity index (χ2n) is 7.41. The minimum Gasteiger partial charge on any atom is -0.507 e. The van der Waals surface area contributed by atoms with Gasteiger partial charge in [0.15, 0.2) is 0 Å². The molecule has 178 valence electrons. The van der Waals surface area contributed by atoms with Gasteiger partial charge in [0.2, 0.25) is 0 Å². The van der Waals surface area contributed by atoms with E-state index in [0.717, 1.165) is 18.2 Å². The smallest absolute Gasteiger partial charge is 0.433 e. The molecule has 0 radical (unpaired) electrons. The highest BCUT2D eigenvalue weighted by atomic mass is 16.7. The summed E-state index contributed by atoms with van der Waals surface area (Å²) in [4.78, 5) is 63.8. The SMILES string of the molecule is NNC(=O)c1cc2cc(C3CC(=O)N(OC(=O)/C=C/c4ccc([N+](=O)[O-])o4)C3=O)ccc2cc1O. The standard InChI is InChI=1S/C22H16N4O9/c23-24-21(30)16-8-13-7-12(2-1-11(13)9-17(16)27)15-10-18(28)25(22(15)31)35-20(29)6-4-14-3-5-19(34-14)26(32)33/h1-9,15,27H,10,23H2,(H,24,30)/b6-4+. The lowest BCUT2D eigenvalue weighted by atomic mass is 9.94. The molecule has 3 amide bonds. The zero-order valence-electron chi connectivity index (χ0n) is 17.7. The number of aromatic hydroxyl groups is 1. The van der Waals surface area contributed by atoms with Gasteiger partial charge in [-0.1, -0.05) is 18.2 Å². The number of hydrogen-bond acceptors (Lipinski definition) is 10. The van der Waals surface area contributed by atoms with Crippen molar-refractivity contribution < 1.29 is 38.5 Å². The summed E-state index contributed by atoms with van der Waals surface area (Å²) >= 11 is 0. The minimum atomic E-state index is -1.07. The van der Waals surface area contributed by atoms with Crippen molar-refractivity contribution in [2.75, 3.05) is 0 Å². The first-order valence-corrected chi connectivity index (χ1v) is 9.96. The maximum atomic E-state index is 12.8. The second kappa shape index (κ2) is 9.07. The number of nitro groups is 1. The van der Waals surface area contributed by atoms with Gasteiger partial charge in [-0.3, -0.25) is 29.9 Å². The number of hydrogen-bond donors (Lipinski definition) is 3. The second-order valence-corrected chi connectivity index (χ2v) is 7.41. The molecule has 2 heterocycles. The van der Waals surface area contributed by atoms with Gasteiger partial charge in [-0.25, -0.2) is 10.6 Å². The Morgan fingerprint density at radius 3 is 2.66 bits per heavy atom. The highest BCUT2D eigenvalue weighted by Gasteiger charge is 2.42. The normalized spacial score (nSPS) is 15.7. The Kier molecular flexibility index (Phi) is 5.99. The highest BCUT2D eigenvalue weighted by Crippen LogP contribution is 2.33. The zero-order valence-corrected chi connectivity index (χ0v) is 17.7. The van der Waals surface area contributed by atoms with E-state index in [0.29, 0.717) is 21.4 Å². The number of nitrogens with two attached hydrogens (primary N) is 1. The molecule has 1 fully saturated rings. The number of furan rings is 1. The Labute approximate surface area is 195 Å². The molecule has 0 bridgehead atoms. The number of rotatable bonds is 6. The van der Waals surface area contributed by atoms with E-state index in [1.54, 1.807) is 18.2 Å². The number of fused-ring (bicyclic) bond motifs is 1. The van der Waals surface area contributed by atoms with Gasteiger partial charge in [0, 0.05) is 12.5 Å². The van der Waals surface area contributed by atoms with E-state index in [9.17, 15) is 34.4 Å². The van der Waals surface area contributed by atoms with Crippen molar-refractivity contribution in [1.29, 1.82) is 0 Å². The Hall–Kier alpha value is -5.04. The van der Waals surface area contributed by atoms with Crippen LogP contribution in [0, 0.1) is 10.1 Å². The van der Waals surface area contributed by atoms with E-state index < -0.39 is 40.4 Å². The number of carbonyl (C=O) groups excluding carboxylic acids is 4. The number of nitrogen functional groups attached to an aromatic ring is 1. The van der Waals surface area contributed by atoms with Crippen molar-refractivity contribution in [2.45, 2.75) is 12.3 Å². The monoisotopic (exact) mass is 480 g/mol. The lowest BCUT2D eigenvalue weighted by Crippen LogP contribution is -2.32. The van der Waals surface area contributed by atoms with Crippen molar-refractivity contribution in [1.82, 2.24) is 10.5 Å². The van der Waals surface area contributed by atoms with Crippen molar-refractivity contribution >= 4 is 46.4 Å². The number of benzene rings is 2. The van der Waals surface area contributed by atoms with E-state index in [4.69, 9.17) is 15.1 Å². The zero-order chi connectivity index (χ0) is 25.3. The van der Waals surface area contributed by atoms with Crippen LogP contribution in [0.3, 0.4) is 0 Å². The maximum absolute atomic E-state index is 12.8. The molecule has 0 spiro atoms. The Bertz CT molecular complexity index is 1430. The van der Waals surface area contributed by atoms with Crippen molar-refractivity contribution in [3.05, 3.63) is 75.5 Å². The van der Waals surface area contributed by atoms with Crippen LogP contribution in [0.4, 0.5) is 5.88 Å². The first kappa shape index (κ1) is 23.1. The molecule has 1 aliphatic heterocycles. The number of hydroxylamine groups is 2. The summed E-state index contributed by atoms with van der Waals surface area (Å²) in [5.74, 6) is 0.0685. The molecule has 3 aromatic rings. The van der Waals surface area contributed by atoms with E-state index in [1.807, 2.05) is 5.43 Å². The van der Waals surface area contributed by atoms with E-state index in [-0.39, 0.29) is 23.5 Å². The predicted octanol–water partition coefficient (Wildman–Crippen LogP) is 1.66. The Morgan fingerprint density at radius 2 is 1.97 bits per heavy atom. The number of amides is 3. The third kappa shape index (κ3) is 4.56. The average molecular weight is 480 g/mol. The van der Waals surface area contributed by atoms with E-state index >= 15 is 0 Å². The van der Waals surface area contributed by atoms with Crippen molar-refractivity contribution in [2.24, 2.45) is 5.84 Å². The van der Waals surface area contributed by atoms with Crippen LogP contribution in [0.2, 0.25) is 0 Å². The maximum Gasteiger partial charge on any atom is 0.433 e. The number of nitrogens with zero attached hydrogens (tertiary/aromatic N) is 2. The van der Waals surface area contributed by atoms with Gasteiger partial charge in [0.1, 0.15) is 16.4 Å². The molecule has 13 nitrogen and oxygen atoms in total. The van der Waals surface area contributed by atoms with Crippen LogP contribution in [0.5, 0.6) is 5.75 Å². The van der Waals surface area contributed by atoms with Gasteiger partial charge in [-0.15, -0.1) is 5.06 Å². The fraction of sp³-hybridized carbons (Fsp3) is 0.0909. The topological polar surface area (TPSA) is 195 Å². The van der Waals surface area contributed by atoms with Crippen LogP contribution in [-0.2, 0) is 19.2 Å². The molecule has 4 N–H and O–H groups in total. The fourth-order valence-electron chi connectivity index (χ4n) is 3.55. The molecule has 1 aromatic heterocycles. The molecule has 0 aliphatic carbocycles. The van der Waals surface area contributed by atoms with E-state index in [1.165, 1.54) is 18.2 Å². The van der Waals surface area contributed by atoms with Gasteiger partial charge >= 0.3 is 11.9 Å². The van der Waals surface area contributed by atoms with E-state index in [2.05, 4.69) is 0 Å². The summed E-state index contributed by atoms with van der Waals surface area (Å²) in [5, 5.41) is 22.1. The molecule has 0 saturated carbocycles. The van der Waals surface area contributed by atoms with Crippen molar-refractivity contribution in [3.8, 4) is 5.75 Å². The molecular formula is C22H16N4O9. The van der Waals surface area contributed by atoms with Crippen LogP contribution < -0.4 is 11.3 Å².